The molecule has 1 rings (SSSR count). The lowest BCUT2D eigenvalue weighted by molar-refractivity contribution is 0.145. The average Bonchev–Trinajstić information content (AvgIpc) is 2.34. The van der Waals surface area contributed by atoms with Crippen molar-refractivity contribution in [1.29, 1.82) is 0 Å². The summed E-state index contributed by atoms with van der Waals surface area (Å²) in [5, 5.41) is 3.50. The van der Waals surface area contributed by atoms with Crippen LogP contribution in [0.5, 0.6) is 0 Å². The summed E-state index contributed by atoms with van der Waals surface area (Å²) in [7, 11) is 2.23. The van der Waals surface area contributed by atoms with Crippen molar-refractivity contribution in [2.24, 2.45) is 5.92 Å². The lowest BCUT2D eigenvalue weighted by Crippen LogP contribution is -2.43. The maximum absolute atomic E-state index is 3.50. The van der Waals surface area contributed by atoms with Gasteiger partial charge in [-0.1, -0.05) is 0 Å². The normalized spacial score (nSPS) is 30.0. The van der Waals surface area contributed by atoms with Gasteiger partial charge in [0.25, 0.3) is 0 Å². The van der Waals surface area contributed by atoms with Crippen LogP contribution in [0, 0.1) is 5.92 Å². The molecule has 13 heavy (non-hydrogen) atoms. The summed E-state index contributed by atoms with van der Waals surface area (Å²) in [6.45, 7) is 11.6. The first-order chi connectivity index (χ1) is 5.91. The fraction of sp³-hybridized carbons (Fsp3) is 1.00. The summed E-state index contributed by atoms with van der Waals surface area (Å²) in [6.07, 6.45) is 1.33. The van der Waals surface area contributed by atoms with Crippen molar-refractivity contribution in [2.45, 2.75) is 45.7 Å². The third-order valence-electron chi connectivity index (χ3n) is 3.34. The Hall–Kier alpha value is -0.0800. The number of rotatable bonds is 2. The SMILES string of the molecule is CC1NCCC1CN(C)C(C)(C)C. The molecule has 0 amide bonds. The molecule has 1 N–H and O–H groups in total. The van der Waals surface area contributed by atoms with Crippen LogP contribution in [-0.2, 0) is 0 Å². The smallest absolute Gasteiger partial charge is 0.0122 e. The van der Waals surface area contributed by atoms with Crippen LogP contribution in [0.15, 0.2) is 0 Å². The Bertz CT molecular complexity index is 160. The van der Waals surface area contributed by atoms with E-state index < -0.39 is 0 Å². The van der Waals surface area contributed by atoms with E-state index in [1.54, 1.807) is 0 Å². The second-order valence-corrected chi connectivity index (χ2v) is 5.34. The van der Waals surface area contributed by atoms with E-state index in [9.17, 15) is 0 Å². The number of hydrogen-bond donors (Lipinski definition) is 1. The molecule has 2 heteroatoms. The molecule has 0 aliphatic carbocycles. The van der Waals surface area contributed by atoms with E-state index in [0.717, 1.165) is 5.92 Å². The Morgan fingerprint density at radius 3 is 2.38 bits per heavy atom. The predicted molar refractivity (Wildman–Crippen MR) is 58.0 cm³/mol. The van der Waals surface area contributed by atoms with Crippen LogP contribution in [0.4, 0.5) is 0 Å². The van der Waals surface area contributed by atoms with Gasteiger partial charge in [0.1, 0.15) is 0 Å². The van der Waals surface area contributed by atoms with Crippen molar-refractivity contribution in [3.8, 4) is 0 Å². The standard InChI is InChI=1S/C11H24N2/c1-9-10(6-7-12-9)8-13(5)11(2,3)4/h9-10,12H,6-8H2,1-5H3. The molecule has 0 radical (unpaired) electrons. The molecule has 2 nitrogen and oxygen atoms in total. The van der Waals surface area contributed by atoms with Crippen molar-refractivity contribution in [2.75, 3.05) is 20.1 Å². The molecule has 1 aliphatic heterocycles. The van der Waals surface area contributed by atoms with E-state index in [1.165, 1.54) is 19.5 Å². The third kappa shape index (κ3) is 2.96. The highest BCUT2D eigenvalue weighted by Crippen LogP contribution is 2.20. The highest BCUT2D eigenvalue weighted by molar-refractivity contribution is 4.84. The second-order valence-electron chi connectivity index (χ2n) is 5.34. The molecule has 78 valence electrons. The van der Waals surface area contributed by atoms with Gasteiger partial charge in [-0.3, -0.25) is 0 Å². The molecule has 0 saturated carbocycles. The first-order valence-electron chi connectivity index (χ1n) is 5.36. The topological polar surface area (TPSA) is 15.3 Å². The minimum atomic E-state index is 0.308. The van der Waals surface area contributed by atoms with Gasteiger partial charge in [-0.05, 0) is 53.6 Å². The average molecular weight is 184 g/mol. The second kappa shape index (κ2) is 3.97. The predicted octanol–water partition coefficient (Wildman–Crippen LogP) is 1.71. The van der Waals surface area contributed by atoms with E-state index in [-0.39, 0.29) is 0 Å². The summed E-state index contributed by atoms with van der Waals surface area (Å²) < 4.78 is 0. The Balaban J connectivity index is 2.40. The molecule has 1 fully saturated rings. The zero-order valence-corrected chi connectivity index (χ0v) is 9.72. The molecule has 1 heterocycles. The van der Waals surface area contributed by atoms with Gasteiger partial charge in [0.15, 0.2) is 0 Å². The van der Waals surface area contributed by atoms with Crippen LogP contribution in [-0.4, -0.2) is 36.6 Å². The van der Waals surface area contributed by atoms with Gasteiger partial charge in [0, 0.05) is 18.1 Å². The van der Waals surface area contributed by atoms with Gasteiger partial charge in [-0.25, -0.2) is 0 Å². The highest BCUT2D eigenvalue weighted by Gasteiger charge is 2.27. The molecule has 0 aromatic heterocycles. The van der Waals surface area contributed by atoms with Crippen LogP contribution in [0.3, 0.4) is 0 Å². The van der Waals surface area contributed by atoms with E-state index in [4.69, 9.17) is 0 Å². The minimum Gasteiger partial charge on any atom is -0.314 e. The van der Waals surface area contributed by atoms with Crippen LogP contribution in [0.1, 0.15) is 34.1 Å². The van der Waals surface area contributed by atoms with Crippen molar-refractivity contribution < 1.29 is 0 Å². The third-order valence-corrected chi connectivity index (χ3v) is 3.34. The van der Waals surface area contributed by atoms with Crippen molar-refractivity contribution in [1.82, 2.24) is 10.2 Å². The van der Waals surface area contributed by atoms with Crippen molar-refractivity contribution in [3.05, 3.63) is 0 Å². The maximum Gasteiger partial charge on any atom is 0.0122 e. The molecule has 1 saturated heterocycles. The molecule has 2 atom stereocenters. The first kappa shape index (κ1) is 11.0. The summed E-state index contributed by atoms with van der Waals surface area (Å²) >= 11 is 0. The van der Waals surface area contributed by atoms with Crippen LogP contribution in [0.2, 0.25) is 0 Å². The Morgan fingerprint density at radius 1 is 1.38 bits per heavy atom. The number of hydrogen-bond acceptors (Lipinski definition) is 2. The van der Waals surface area contributed by atoms with E-state index in [2.05, 4.69) is 45.0 Å². The summed E-state index contributed by atoms with van der Waals surface area (Å²) in [5.74, 6) is 0.837. The monoisotopic (exact) mass is 184 g/mol. The molecular weight excluding hydrogens is 160 g/mol. The quantitative estimate of drug-likeness (QED) is 0.703. The summed E-state index contributed by atoms with van der Waals surface area (Å²) in [5.41, 5.74) is 0.308. The molecule has 0 aromatic rings. The Morgan fingerprint density at radius 2 is 2.00 bits per heavy atom. The number of nitrogens with zero attached hydrogens (tertiary/aromatic N) is 1. The Kier molecular flexibility index (Phi) is 3.36. The number of nitrogens with one attached hydrogen (secondary N) is 1. The first-order valence-corrected chi connectivity index (χ1v) is 5.36. The van der Waals surface area contributed by atoms with Crippen LogP contribution >= 0.6 is 0 Å². The lowest BCUT2D eigenvalue weighted by Gasteiger charge is -2.34. The molecule has 0 aromatic carbocycles. The molecule has 2 unspecified atom stereocenters. The van der Waals surface area contributed by atoms with Gasteiger partial charge in [-0.15, -0.1) is 0 Å². The largest absolute Gasteiger partial charge is 0.314 e. The minimum absolute atomic E-state index is 0.308. The molecular formula is C11H24N2. The van der Waals surface area contributed by atoms with E-state index in [0.29, 0.717) is 11.6 Å². The summed E-state index contributed by atoms with van der Waals surface area (Å²) in [6, 6.07) is 0.699. The Labute approximate surface area is 82.7 Å². The van der Waals surface area contributed by atoms with Gasteiger partial charge in [0.05, 0.1) is 0 Å². The summed E-state index contributed by atoms with van der Waals surface area (Å²) in [4.78, 5) is 2.46. The van der Waals surface area contributed by atoms with Gasteiger partial charge in [0.2, 0.25) is 0 Å². The van der Waals surface area contributed by atoms with E-state index in [1.807, 2.05) is 0 Å². The van der Waals surface area contributed by atoms with E-state index >= 15 is 0 Å². The lowest BCUT2D eigenvalue weighted by atomic mass is 9.98. The zero-order chi connectivity index (χ0) is 10.1. The molecule has 0 bridgehead atoms. The van der Waals surface area contributed by atoms with Gasteiger partial charge >= 0.3 is 0 Å². The molecule has 0 spiro atoms. The van der Waals surface area contributed by atoms with Gasteiger partial charge in [-0.2, -0.15) is 0 Å². The van der Waals surface area contributed by atoms with Crippen LogP contribution < -0.4 is 5.32 Å². The highest BCUT2D eigenvalue weighted by atomic mass is 15.2. The fourth-order valence-electron chi connectivity index (χ4n) is 1.79. The van der Waals surface area contributed by atoms with Crippen molar-refractivity contribution >= 4 is 0 Å². The maximum atomic E-state index is 3.50. The molecule has 1 aliphatic rings. The van der Waals surface area contributed by atoms with Gasteiger partial charge < -0.3 is 10.2 Å². The van der Waals surface area contributed by atoms with Crippen LogP contribution in [0.25, 0.3) is 0 Å². The van der Waals surface area contributed by atoms with Crippen molar-refractivity contribution in [3.63, 3.8) is 0 Å². The zero-order valence-electron chi connectivity index (χ0n) is 9.72. The fourth-order valence-corrected chi connectivity index (χ4v) is 1.79.